The molecule has 2 fully saturated rings. The van der Waals surface area contributed by atoms with Crippen LogP contribution in [-0.2, 0) is 17.4 Å². The number of alkyl halides is 3. The maximum absolute atomic E-state index is 12.8. The highest BCUT2D eigenvalue weighted by Gasteiger charge is 2.45. The molecule has 2 N–H and O–H groups in total. The van der Waals surface area contributed by atoms with Gasteiger partial charge in [0, 0.05) is 38.6 Å². The van der Waals surface area contributed by atoms with Crippen molar-refractivity contribution in [1.29, 1.82) is 0 Å². The zero-order chi connectivity index (χ0) is 25.8. The highest BCUT2D eigenvalue weighted by Crippen LogP contribution is 2.40. The number of nitrogens with zero attached hydrogens (tertiary/aromatic N) is 4. The lowest BCUT2D eigenvalue weighted by atomic mass is 9.95. The molecule has 1 amide bonds. The number of benzene rings is 1. The van der Waals surface area contributed by atoms with Gasteiger partial charge in [0.05, 0.1) is 5.56 Å². The van der Waals surface area contributed by atoms with Gasteiger partial charge in [-0.1, -0.05) is 18.9 Å². The molecule has 0 unspecified atom stereocenters. The Morgan fingerprint density at radius 2 is 1.75 bits per heavy atom. The summed E-state index contributed by atoms with van der Waals surface area (Å²) in [5, 5.41) is 9.44. The summed E-state index contributed by atoms with van der Waals surface area (Å²) < 4.78 is 45.5. The second kappa shape index (κ2) is 11.2. The van der Waals surface area contributed by atoms with Crippen LogP contribution in [0.4, 0.5) is 19.1 Å². The fraction of sp³-hybridized carbons (Fsp3) is 0.542. The Kier molecular flexibility index (Phi) is 8.26. The van der Waals surface area contributed by atoms with Crippen LogP contribution in [0.15, 0.2) is 36.7 Å². The van der Waals surface area contributed by atoms with Crippen LogP contribution in [0.1, 0.15) is 43.7 Å². The average Bonchev–Trinajstić information content (AvgIpc) is 2.89. The summed E-state index contributed by atoms with van der Waals surface area (Å²) in [7, 11) is 0. The summed E-state index contributed by atoms with van der Waals surface area (Å²) in [4.78, 5) is 23.7. The van der Waals surface area contributed by atoms with E-state index in [4.69, 9.17) is 4.74 Å². The van der Waals surface area contributed by atoms with Crippen LogP contribution in [0.25, 0.3) is 0 Å². The molecular formula is C24H30F3N5O3S. The first-order valence-corrected chi connectivity index (χ1v) is 12.8. The monoisotopic (exact) mass is 525 g/mol. The molecule has 36 heavy (non-hydrogen) atoms. The number of carbonyl (C=O) groups excluding carboxylic acids is 1. The zero-order valence-corrected chi connectivity index (χ0v) is 20.8. The van der Waals surface area contributed by atoms with E-state index in [-0.39, 0.29) is 6.10 Å². The van der Waals surface area contributed by atoms with Crippen LogP contribution >= 0.6 is 11.9 Å². The smallest absolute Gasteiger partial charge is 0.416 e. The Labute approximate surface area is 212 Å². The average molecular weight is 526 g/mol. The number of aryl methyl sites for hydroxylation is 1. The molecule has 2 saturated heterocycles. The number of halogens is 3. The molecule has 1 aromatic heterocycles. The van der Waals surface area contributed by atoms with E-state index < -0.39 is 22.4 Å². The number of piperidine rings is 2. The largest absolute Gasteiger partial charge is 0.490 e. The van der Waals surface area contributed by atoms with Gasteiger partial charge in [0.1, 0.15) is 16.6 Å². The van der Waals surface area contributed by atoms with Crippen molar-refractivity contribution in [2.24, 2.45) is 0 Å². The van der Waals surface area contributed by atoms with Crippen LogP contribution in [0, 0.1) is 0 Å². The third kappa shape index (κ3) is 6.22. The molecular weight excluding hydrogens is 495 g/mol. The van der Waals surface area contributed by atoms with Crippen molar-refractivity contribution in [3.05, 3.63) is 47.8 Å². The van der Waals surface area contributed by atoms with Crippen LogP contribution in [-0.4, -0.2) is 62.4 Å². The summed E-state index contributed by atoms with van der Waals surface area (Å²) in [6.45, 7) is 4.52. The topological polar surface area (TPSA) is 90.8 Å². The van der Waals surface area contributed by atoms with Crippen molar-refractivity contribution in [2.45, 2.75) is 56.1 Å². The van der Waals surface area contributed by atoms with Gasteiger partial charge in [0.15, 0.2) is 0 Å². The van der Waals surface area contributed by atoms with Gasteiger partial charge in [-0.15, -0.1) is 0 Å². The molecule has 0 aliphatic carbocycles. The molecule has 196 valence electrons. The maximum atomic E-state index is 12.8. The van der Waals surface area contributed by atoms with Crippen molar-refractivity contribution in [2.75, 3.05) is 31.1 Å². The Bertz CT molecular complexity index is 1010. The number of hydrogen-bond donors (Lipinski definition) is 2. The molecule has 0 spiro atoms. The molecule has 3 heterocycles. The van der Waals surface area contributed by atoms with Gasteiger partial charge in [-0.3, -0.25) is 10.0 Å². The highest BCUT2D eigenvalue weighted by molar-refractivity contribution is 7.99. The van der Waals surface area contributed by atoms with Crippen LogP contribution in [0.5, 0.6) is 5.75 Å². The molecule has 2 aliphatic rings. The van der Waals surface area contributed by atoms with Gasteiger partial charge in [-0.05, 0) is 61.9 Å². The van der Waals surface area contributed by atoms with Crippen molar-refractivity contribution in [1.82, 2.24) is 19.8 Å². The first-order chi connectivity index (χ1) is 17.2. The maximum Gasteiger partial charge on any atom is 0.416 e. The number of nitrogens with one attached hydrogen (secondary N) is 1. The van der Waals surface area contributed by atoms with E-state index in [2.05, 4.69) is 14.3 Å². The minimum Gasteiger partial charge on any atom is -0.490 e. The Balaban J connectivity index is 1.31. The van der Waals surface area contributed by atoms with Crippen molar-refractivity contribution < 1.29 is 27.9 Å². The normalized spacial score (nSPS) is 19.2. The van der Waals surface area contributed by atoms with Gasteiger partial charge in [0.2, 0.25) is 5.95 Å². The van der Waals surface area contributed by atoms with Crippen LogP contribution < -0.4 is 15.1 Å². The van der Waals surface area contributed by atoms with Gasteiger partial charge in [-0.25, -0.2) is 19.8 Å². The number of anilines is 1. The van der Waals surface area contributed by atoms with E-state index in [1.54, 1.807) is 0 Å². The van der Waals surface area contributed by atoms with Crippen LogP contribution in [0.2, 0.25) is 0 Å². The standard InChI is InChI=1S/C24H30F3N5O3S/c1-2-17-15-28-22(29-16-17)31-13-9-23(10-14-31,21(33)30-34)36-32-11-7-20(8-12-32)35-19-5-3-18(4-6-19)24(25,26)27/h3-6,15-16,20,34H,2,7-14H2,1H3,(H,30,33). The fourth-order valence-electron chi connectivity index (χ4n) is 4.43. The Morgan fingerprint density at radius 1 is 1.14 bits per heavy atom. The van der Waals surface area contributed by atoms with E-state index in [0.29, 0.717) is 63.6 Å². The predicted octanol–water partition coefficient (Wildman–Crippen LogP) is 4.09. The molecule has 0 atom stereocenters. The van der Waals surface area contributed by atoms with Gasteiger partial charge < -0.3 is 9.64 Å². The van der Waals surface area contributed by atoms with Gasteiger partial charge >= 0.3 is 6.18 Å². The third-order valence-electron chi connectivity index (χ3n) is 6.66. The lowest BCUT2D eigenvalue weighted by Crippen LogP contribution is -2.53. The molecule has 0 saturated carbocycles. The summed E-state index contributed by atoms with van der Waals surface area (Å²) in [5.74, 6) is 0.626. The number of hydrogen-bond acceptors (Lipinski definition) is 8. The zero-order valence-electron chi connectivity index (χ0n) is 20.0. The lowest BCUT2D eigenvalue weighted by Gasteiger charge is -2.43. The predicted molar refractivity (Wildman–Crippen MR) is 130 cm³/mol. The van der Waals surface area contributed by atoms with E-state index in [1.165, 1.54) is 24.1 Å². The van der Waals surface area contributed by atoms with Crippen molar-refractivity contribution in [3.63, 3.8) is 0 Å². The van der Waals surface area contributed by atoms with E-state index >= 15 is 0 Å². The third-order valence-corrected chi connectivity index (χ3v) is 8.22. The number of ether oxygens (including phenoxy) is 1. The number of aromatic nitrogens is 2. The summed E-state index contributed by atoms with van der Waals surface area (Å²) in [6, 6.07) is 4.73. The lowest BCUT2D eigenvalue weighted by molar-refractivity contribution is -0.137. The quantitative estimate of drug-likeness (QED) is 0.317. The van der Waals surface area contributed by atoms with E-state index in [9.17, 15) is 23.2 Å². The Morgan fingerprint density at radius 3 is 2.28 bits per heavy atom. The molecule has 0 radical (unpaired) electrons. The molecule has 2 aromatic rings. The van der Waals surface area contributed by atoms with E-state index in [0.717, 1.165) is 24.1 Å². The summed E-state index contributed by atoms with van der Waals surface area (Å²) in [5.41, 5.74) is 2.21. The minimum atomic E-state index is -4.37. The number of carbonyl (C=O) groups is 1. The number of amides is 1. The SMILES string of the molecule is CCc1cnc(N2CCC(SN3CCC(Oc4ccc(C(F)(F)F)cc4)CC3)(C(=O)NO)CC2)nc1. The molecule has 1 aromatic carbocycles. The van der Waals surface area contributed by atoms with Crippen LogP contribution in [0.3, 0.4) is 0 Å². The molecule has 2 aliphatic heterocycles. The fourth-order valence-corrected chi connectivity index (χ4v) is 5.81. The van der Waals surface area contributed by atoms with Crippen molar-refractivity contribution in [3.8, 4) is 5.75 Å². The summed E-state index contributed by atoms with van der Waals surface area (Å²) in [6.07, 6.45) is 2.39. The van der Waals surface area contributed by atoms with Gasteiger partial charge in [0.25, 0.3) is 5.91 Å². The van der Waals surface area contributed by atoms with E-state index in [1.807, 2.05) is 29.7 Å². The molecule has 4 rings (SSSR count). The number of rotatable bonds is 7. The first kappa shape index (κ1) is 26.5. The highest BCUT2D eigenvalue weighted by atomic mass is 32.2. The second-order valence-electron chi connectivity index (χ2n) is 9.03. The molecule has 12 heteroatoms. The minimum absolute atomic E-state index is 0.119. The second-order valence-corrected chi connectivity index (χ2v) is 10.5. The molecule has 8 nitrogen and oxygen atoms in total. The molecule has 0 bridgehead atoms. The number of hydroxylamine groups is 1. The van der Waals surface area contributed by atoms with Gasteiger partial charge in [-0.2, -0.15) is 13.2 Å². The first-order valence-electron chi connectivity index (χ1n) is 12.0. The Hall–Kier alpha value is -2.57. The van der Waals surface area contributed by atoms with Crippen molar-refractivity contribution >= 4 is 23.8 Å². The summed E-state index contributed by atoms with van der Waals surface area (Å²) >= 11 is 1.45.